The average Bonchev–Trinajstić information content (AvgIpc) is 3.41. The molecule has 1 saturated heterocycles. The number of ether oxygens (including phenoxy) is 1. The average molecular weight is 528 g/mol. The number of hydrogen-bond donors (Lipinski definition) is 1. The third-order valence-electron chi connectivity index (χ3n) is 6.45. The van der Waals surface area contributed by atoms with E-state index in [0.29, 0.717) is 34.6 Å². The highest BCUT2D eigenvalue weighted by atomic mass is 19.1. The number of aryl methyl sites for hydroxylation is 1. The van der Waals surface area contributed by atoms with Crippen molar-refractivity contribution in [2.75, 3.05) is 13.1 Å². The molecular weight excluding hydrogens is 505 g/mol. The molecule has 1 N–H and O–H groups in total. The van der Waals surface area contributed by atoms with Gasteiger partial charge in [-0.2, -0.15) is 10.2 Å². The Labute approximate surface area is 214 Å². The Morgan fingerprint density at radius 2 is 1.82 bits per heavy atom. The van der Waals surface area contributed by atoms with Crippen molar-refractivity contribution in [2.45, 2.75) is 39.0 Å². The maximum Gasteiger partial charge on any atom is 0.341 e. The van der Waals surface area contributed by atoms with Gasteiger partial charge in [0.1, 0.15) is 24.3 Å². The Kier molecular flexibility index (Phi) is 6.51. The molecule has 2 amide bonds. The van der Waals surface area contributed by atoms with E-state index in [-0.39, 0.29) is 25.4 Å². The fourth-order valence-electron chi connectivity index (χ4n) is 4.63. The number of rotatable bonds is 6. The fraction of sp³-hybridized carbons (Fsp3) is 0.320. The maximum atomic E-state index is 14.5. The molecule has 0 spiro atoms. The Morgan fingerprint density at radius 1 is 1.11 bits per heavy atom. The summed E-state index contributed by atoms with van der Waals surface area (Å²) in [6, 6.07) is 3.42. The van der Waals surface area contributed by atoms with Crippen molar-refractivity contribution in [3.63, 3.8) is 0 Å². The quantitative estimate of drug-likeness (QED) is 0.522. The minimum Gasteiger partial charge on any atom is -0.483 e. The Balaban J connectivity index is 1.26. The second kappa shape index (κ2) is 9.80. The molecule has 3 aromatic rings. The summed E-state index contributed by atoms with van der Waals surface area (Å²) in [5.74, 6) is -3.28. The van der Waals surface area contributed by atoms with Gasteiger partial charge in [-0.15, -0.1) is 0 Å². The highest BCUT2D eigenvalue weighted by Gasteiger charge is 2.39. The number of urea groups is 1. The van der Waals surface area contributed by atoms with Crippen LogP contribution in [-0.2, 0) is 11.3 Å². The van der Waals surface area contributed by atoms with Crippen LogP contribution >= 0.6 is 0 Å². The first-order valence-corrected chi connectivity index (χ1v) is 11.8. The molecule has 0 aliphatic carbocycles. The number of aliphatic carboxylic acids is 1. The third kappa shape index (κ3) is 4.78. The minimum atomic E-state index is -1.05. The SMILES string of the molecule is Cc1nn(CC(=O)O)c(C)c1-c1cc(OC2CN(C(=O)N3N=CCC3c3cc(F)cc(F)c3)C2)c(F)cn1. The number of carbonyl (C=O) groups excluding carboxylic acids is 1. The first-order chi connectivity index (χ1) is 18.1. The summed E-state index contributed by atoms with van der Waals surface area (Å²) in [5.41, 5.74) is 2.35. The number of carboxylic acids is 1. The van der Waals surface area contributed by atoms with E-state index in [2.05, 4.69) is 15.2 Å². The second-order valence-corrected chi connectivity index (χ2v) is 9.12. The number of hydrazone groups is 1. The van der Waals surface area contributed by atoms with Crippen molar-refractivity contribution in [3.8, 4) is 17.0 Å². The molecule has 0 bridgehead atoms. The molecule has 0 saturated carbocycles. The van der Waals surface area contributed by atoms with Crippen LogP contribution in [0.1, 0.15) is 29.4 Å². The standard InChI is InChI=1S/C25H23F3N6O4/c1-13-24(14(2)33(31-13)12-23(35)36)20-8-22(19(28)9-29-20)38-18-10-32(11-18)25(37)34-21(3-4-30-34)15-5-16(26)7-17(27)6-15/h4-9,18,21H,3,10-12H2,1-2H3,(H,35,36). The molecule has 198 valence electrons. The zero-order valence-electron chi connectivity index (χ0n) is 20.4. The van der Waals surface area contributed by atoms with Gasteiger partial charge < -0.3 is 14.7 Å². The van der Waals surface area contributed by atoms with Gasteiger partial charge in [-0.25, -0.2) is 23.0 Å². The number of pyridine rings is 1. The molecule has 0 radical (unpaired) electrons. The smallest absolute Gasteiger partial charge is 0.341 e. The molecule has 1 aromatic carbocycles. The van der Waals surface area contributed by atoms with Gasteiger partial charge in [0.15, 0.2) is 11.6 Å². The van der Waals surface area contributed by atoms with Crippen molar-refractivity contribution in [2.24, 2.45) is 5.10 Å². The Hall–Kier alpha value is -4.42. The summed E-state index contributed by atoms with van der Waals surface area (Å²) in [4.78, 5) is 29.7. The predicted molar refractivity (Wildman–Crippen MR) is 128 cm³/mol. The van der Waals surface area contributed by atoms with Crippen LogP contribution in [0.2, 0.25) is 0 Å². The van der Waals surface area contributed by atoms with E-state index in [1.807, 2.05) is 0 Å². The molecule has 10 nitrogen and oxygen atoms in total. The second-order valence-electron chi connectivity index (χ2n) is 9.12. The molecule has 2 aromatic heterocycles. The van der Waals surface area contributed by atoms with Gasteiger partial charge in [-0.1, -0.05) is 0 Å². The number of amides is 2. The van der Waals surface area contributed by atoms with Crippen molar-refractivity contribution >= 4 is 18.2 Å². The van der Waals surface area contributed by atoms with Gasteiger partial charge in [0.2, 0.25) is 0 Å². The van der Waals surface area contributed by atoms with E-state index < -0.39 is 41.6 Å². The van der Waals surface area contributed by atoms with E-state index in [1.54, 1.807) is 13.8 Å². The van der Waals surface area contributed by atoms with E-state index in [4.69, 9.17) is 9.84 Å². The highest BCUT2D eigenvalue weighted by molar-refractivity contribution is 5.79. The number of benzene rings is 1. The molecule has 1 unspecified atom stereocenters. The van der Waals surface area contributed by atoms with E-state index in [1.165, 1.54) is 39.0 Å². The van der Waals surface area contributed by atoms with Gasteiger partial charge in [0.25, 0.3) is 0 Å². The molecule has 2 aliphatic heterocycles. The lowest BCUT2D eigenvalue weighted by molar-refractivity contribution is -0.137. The lowest BCUT2D eigenvalue weighted by atomic mass is 10.0. The topological polar surface area (TPSA) is 113 Å². The van der Waals surface area contributed by atoms with Crippen molar-refractivity contribution in [1.29, 1.82) is 0 Å². The molecule has 13 heteroatoms. The van der Waals surface area contributed by atoms with Crippen LogP contribution in [0.15, 0.2) is 35.6 Å². The maximum absolute atomic E-state index is 14.5. The molecule has 1 atom stereocenters. The molecule has 2 aliphatic rings. The number of aromatic nitrogens is 3. The largest absolute Gasteiger partial charge is 0.483 e. The Morgan fingerprint density at radius 3 is 2.50 bits per heavy atom. The van der Waals surface area contributed by atoms with E-state index in [0.717, 1.165) is 12.3 Å². The summed E-state index contributed by atoms with van der Waals surface area (Å²) < 4.78 is 49.1. The Bertz CT molecular complexity index is 1430. The normalized spacial score (nSPS) is 17.1. The zero-order valence-corrected chi connectivity index (χ0v) is 20.4. The number of hydrogen-bond acceptors (Lipinski definition) is 6. The fourth-order valence-corrected chi connectivity index (χ4v) is 4.63. The lowest BCUT2D eigenvalue weighted by Gasteiger charge is -2.41. The lowest BCUT2D eigenvalue weighted by Crippen LogP contribution is -2.58. The van der Waals surface area contributed by atoms with E-state index in [9.17, 15) is 22.8 Å². The molecular formula is C25H23F3N6O4. The first kappa shape index (κ1) is 25.2. The summed E-state index contributed by atoms with van der Waals surface area (Å²) in [7, 11) is 0. The van der Waals surface area contributed by atoms with Crippen LogP contribution < -0.4 is 4.74 Å². The van der Waals surface area contributed by atoms with Crippen LogP contribution in [0.4, 0.5) is 18.0 Å². The van der Waals surface area contributed by atoms with Crippen LogP contribution in [0, 0.1) is 31.3 Å². The molecule has 1 fully saturated rings. The summed E-state index contributed by atoms with van der Waals surface area (Å²) in [5, 5.41) is 18.6. The monoisotopic (exact) mass is 528 g/mol. The molecule has 38 heavy (non-hydrogen) atoms. The van der Waals surface area contributed by atoms with Crippen LogP contribution in [0.3, 0.4) is 0 Å². The molecule has 4 heterocycles. The summed E-state index contributed by atoms with van der Waals surface area (Å²) in [6.07, 6.45) is 2.34. The van der Waals surface area contributed by atoms with Crippen LogP contribution in [-0.4, -0.2) is 67.2 Å². The van der Waals surface area contributed by atoms with Crippen LogP contribution in [0.5, 0.6) is 5.75 Å². The first-order valence-electron chi connectivity index (χ1n) is 11.8. The van der Waals surface area contributed by atoms with Gasteiger partial charge in [-0.3, -0.25) is 14.5 Å². The van der Waals surface area contributed by atoms with Crippen molar-refractivity contribution < 1.29 is 32.6 Å². The molecule has 5 rings (SSSR count). The third-order valence-corrected chi connectivity index (χ3v) is 6.45. The number of likely N-dealkylation sites (tertiary alicyclic amines) is 1. The van der Waals surface area contributed by atoms with Gasteiger partial charge in [0.05, 0.1) is 36.7 Å². The van der Waals surface area contributed by atoms with Gasteiger partial charge in [-0.05, 0) is 31.5 Å². The zero-order chi connectivity index (χ0) is 27.1. The number of carbonyl (C=O) groups is 2. The van der Waals surface area contributed by atoms with Crippen LogP contribution in [0.25, 0.3) is 11.3 Å². The van der Waals surface area contributed by atoms with Crippen molar-refractivity contribution in [3.05, 3.63) is 64.9 Å². The van der Waals surface area contributed by atoms with Gasteiger partial charge >= 0.3 is 12.0 Å². The number of halogens is 3. The van der Waals surface area contributed by atoms with Gasteiger partial charge in [0, 0.05) is 36.0 Å². The minimum absolute atomic E-state index is 0.0656. The predicted octanol–water partition coefficient (Wildman–Crippen LogP) is 3.68. The summed E-state index contributed by atoms with van der Waals surface area (Å²) >= 11 is 0. The number of nitrogens with zero attached hydrogens (tertiary/aromatic N) is 6. The highest BCUT2D eigenvalue weighted by Crippen LogP contribution is 2.33. The number of carboxylic acid groups (broad SMARTS) is 1. The summed E-state index contributed by atoms with van der Waals surface area (Å²) in [6.45, 7) is 3.39. The van der Waals surface area contributed by atoms with E-state index >= 15 is 0 Å². The van der Waals surface area contributed by atoms with Crippen molar-refractivity contribution in [1.82, 2.24) is 24.7 Å².